The van der Waals surface area contributed by atoms with Crippen LogP contribution in [-0.4, -0.2) is 58.7 Å². The molecule has 3 aromatic rings. The normalized spacial score (nSPS) is 14.2. The van der Waals surface area contributed by atoms with E-state index in [0.717, 1.165) is 53.8 Å². The molecule has 0 radical (unpaired) electrons. The first kappa shape index (κ1) is 27.6. The molecule has 0 aliphatic carbocycles. The lowest BCUT2D eigenvalue weighted by molar-refractivity contribution is -0.119. The topological polar surface area (TPSA) is 88.2 Å². The van der Waals surface area contributed by atoms with Crippen LogP contribution in [0.3, 0.4) is 0 Å². The van der Waals surface area contributed by atoms with Gasteiger partial charge in [0.25, 0.3) is 10.0 Å². The molecule has 8 nitrogen and oxygen atoms in total. The van der Waals surface area contributed by atoms with E-state index in [1.807, 2.05) is 26.0 Å². The Kier molecular flexibility index (Phi) is 9.38. The molecule has 3 aromatic carbocycles. The number of anilines is 1. The minimum Gasteiger partial charge on any atom is -0.494 e. The molecule has 1 N–H and O–H groups in total. The van der Waals surface area contributed by atoms with Crippen LogP contribution in [0.25, 0.3) is 0 Å². The maximum absolute atomic E-state index is 13.6. The van der Waals surface area contributed by atoms with E-state index in [4.69, 9.17) is 9.47 Å². The van der Waals surface area contributed by atoms with Crippen molar-refractivity contribution in [3.05, 3.63) is 89.5 Å². The molecule has 202 valence electrons. The smallest absolute Gasteiger partial charge is 0.264 e. The standard InChI is InChI=1S/C29H35N3O5S/c1-3-37-27-11-9-26(10-12-27)32(38(34,35)28-13-7-23(2)8-14-28)22-29(33)30-20-24-5-4-6-25(19-24)21-31-15-17-36-18-16-31/h4-14,19H,3,15-18,20-22H2,1-2H3,(H,30,33). The van der Waals surface area contributed by atoms with Gasteiger partial charge in [-0.3, -0.25) is 14.0 Å². The number of carbonyl (C=O) groups excluding carboxylic acids is 1. The number of aryl methyl sites for hydroxylation is 1. The van der Waals surface area contributed by atoms with Gasteiger partial charge in [0, 0.05) is 26.2 Å². The summed E-state index contributed by atoms with van der Waals surface area (Å²) in [6, 6.07) is 21.4. The first-order valence-corrected chi connectivity index (χ1v) is 14.3. The third-order valence-corrected chi connectivity index (χ3v) is 8.11. The zero-order chi connectivity index (χ0) is 27.0. The van der Waals surface area contributed by atoms with Crippen molar-refractivity contribution in [3.8, 4) is 5.75 Å². The number of hydrogen-bond acceptors (Lipinski definition) is 6. The molecule has 4 rings (SSSR count). The van der Waals surface area contributed by atoms with E-state index >= 15 is 0 Å². The molecule has 1 aliphatic heterocycles. The fraction of sp³-hybridized carbons (Fsp3) is 0.345. The highest BCUT2D eigenvalue weighted by Crippen LogP contribution is 2.26. The van der Waals surface area contributed by atoms with E-state index in [9.17, 15) is 13.2 Å². The molecule has 1 fully saturated rings. The Bertz CT molecular complexity index is 1300. The highest BCUT2D eigenvalue weighted by Gasteiger charge is 2.27. The highest BCUT2D eigenvalue weighted by molar-refractivity contribution is 7.92. The van der Waals surface area contributed by atoms with E-state index in [-0.39, 0.29) is 11.4 Å². The molecule has 1 heterocycles. The molecule has 0 unspecified atom stereocenters. The summed E-state index contributed by atoms with van der Waals surface area (Å²) in [7, 11) is -3.98. The second kappa shape index (κ2) is 12.9. The molecular weight excluding hydrogens is 502 g/mol. The number of amides is 1. The Hall–Kier alpha value is -3.40. The number of rotatable bonds is 11. The zero-order valence-corrected chi connectivity index (χ0v) is 22.7. The van der Waals surface area contributed by atoms with Crippen LogP contribution in [0.5, 0.6) is 5.75 Å². The second-order valence-electron chi connectivity index (χ2n) is 9.24. The third kappa shape index (κ3) is 7.34. The van der Waals surface area contributed by atoms with Crippen LogP contribution in [0, 0.1) is 6.92 Å². The predicted octanol–water partition coefficient (Wildman–Crippen LogP) is 3.74. The van der Waals surface area contributed by atoms with Crippen molar-refractivity contribution in [2.75, 3.05) is 43.8 Å². The Morgan fingerprint density at radius 1 is 1.00 bits per heavy atom. The summed E-state index contributed by atoms with van der Waals surface area (Å²) < 4.78 is 39.3. The van der Waals surface area contributed by atoms with Gasteiger partial charge in [0.15, 0.2) is 0 Å². The van der Waals surface area contributed by atoms with Crippen LogP contribution >= 0.6 is 0 Å². The minimum absolute atomic E-state index is 0.126. The van der Waals surface area contributed by atoms with Gasteiger partial charge in [-0.05, 0) is 61.4 Å². The molecule has 38 heavy (non-hydrogen) atoms. The van der Waals surface area contributed by atoms with Crippen molar-refractivity contribution >= 4 is 21.6 Å². The number of morpholine rings is 1. The van der Waals surface area contributed by atoms with E-state index in [0.29, 0.717) is 24.6 Å². The molecule has 0 aromatic heterocycles. The van der Waals surface area contributed by atoms with Crippen LogP contribution in [0.15, 0.2) is 77.7 Å². The predicted molar refractivity (Wildman–Crippen MR) is 148 cm³/mol. The van der Waals surface area contributed by atoms with E-state index in [2.05, 4.69) is 22.3 Å². The number of carbonyl (C=O) groups is 1. The lowest BCUT2D eigenvalue weighted by atomic mass is 10.1. The molecule has 0 saturated carbocycles. The monoisotopic (exact) mass is 537 g/mol. The van der Waals surface area contributed by atoms with Gasteiger partial charge in [0.2, 0.25) is 5.91 Å². The zero-order valence-electron chi connectivity index (χ0n) is 21.9. The van der Waals surface area contributed by atoms with Gasteiger partial charge in [-0.1, -0.05) is 42.0 Å². The summed E-state index contributed by atoms with van der Waals surface area (Å²) in [5.74, 6) is 0.235. The Labute approximate surface area is 225 Å². The maximum atomic E-state index is 13.6. The summed E-state index contributed by atoms with van der Waals surface area (Å²) in [5, 5.41) is 2.89. The van der Waals surface area contributed by atoms with Gasteiger partial charge in [0.1, 0.15) is 12.3 Å². The SMILES string of the molecule is CCOc1ccc(N(CC(=O)NCc2cccc(CN3CCOCC3)c2)S(=O)(=O)c2ccc(C)cc2)cc1. The van der Waals surface area contributed by atoms with E-state index < -0.39 is 15.9 Å². The van der Waals surface area contributed by atoms with Crippen molar-refractivity contribution in [1.29, 1.82) is 0 Å². The van der Waals surface area contributed by atoms with Gasteiger partial charge < -0.3 is 14.8 Å². The summed E-state index contributed by atoms with van der Waals surface area (Å²) >= 11 is 0. The second-order valence-corrected chi connectivity index (χ2v) is 11.1. The van der Waals surface area contributed by atoms with Crippen LogP contribution < -0.4 is 14.4 Å². The molecule has 1 saturated heterocycles. The molecule has 9 heteroatoms. The lowest BCUT2D eigenvalue weighted by Crippen LogP contribution is -2.40. The van der Waals surface area contributed by atoms with Crippen LogP contribution in [0.1, 0.15) is 23.6 Å². The van der Waals surface area contributed by atoms with Crippen LogP contribution in [0.4, 0.5) is 5.69 Å². The van der Waals surface area contributed by atoms with Gasteiger partial charge in [0.05, 0.1) is 30.4 Å². The molecule has 0 atom stereocenters. The largest absolute Gasteiger partial charge is 0.494 e. The van der Waals surface area contributed by atoms with Crippen molar-refractivity contribution in [2.24, 2.45) is 0 Å². The summed E-state index contributed by atoms with van der Waals surface area (Å²) in [6.45, 7) is 8.34. The Morgan fingerprint density at radius 2 is 1.68 bits per heavy atom. The molecule has 1 amide bonds. The fourth-order valence-corrected chi connectivity index (χ4v) is 5.69. The molecule has 1 aliphatic rings. The van der Waals surface area contributed by atoms with Crippen LogP contribution in [0.2, 0.25) is 0 Å². The number of benzene rings is 3. The van der Waals surface area contributed by atoms with Gasteiger partial charge in [-0.25, -0.2) is 8.42 Å². The number of nitrogens with zero attached hydrogens (tertiary/aromatic N) is 2. The van der Waals surface area contributed by atoms with Gasteiger partial charge in [-0.2, -0.15) is 0 Å². The molecule has 0 spiro atoms. The van der Waals surface area contributed by atoms with E-state index in [1.165, 1.54) is 0 Å². The summed E-state index contributed by atoms with van der Waals surface area (Å²) in [4.78, 5) is 15.5. The average Bonchev–Trinajstić information content (AvgIpc) is 2.92. The van der Waals surface area contributed by atoms with Crippen molar-refractivity contribution in [3.63, 3.8) is 0 Å². The Morgan fingerprint density at radius 3 is 2.37 bits per heavy atom. The van der Waals surface area contributed by atoms with Crippen molar-refractivity contribution in [1.82, 2.24) is 10.2 Å². The lowest BCUT2D eigenvalue weighted by Gasteiger charge is -2.26. The number of hydrogen-bond donors (Lipinski definition) is 1. The highest BCUT2D eigenvalue weighted by atomic mass is 32.2. The Balaban J connectivity index is 1.47. The molecular formula is C29H35N3O5S. The van der Waals surface area contributed by atoms with Gasteiger partial charge >= 0.3 is 0 Å². The quantitative estimate of drug-likeness (QED) is 0.401. The average molecular weight is 538 g/mol. The number of sulfonamides is 1. The fourth-order valence-electron chi connectivity index (χ4n) is 4.27. The minimum atomic E-state index is -3.98. The van der Waals surface area contributed by atoms with Crippen LogP contribution in [-0.2, 0) is 32.6 Å². The number of nitrogens with one attached hydrogen (secondary N) is 1. The summed E-state index contributed by atoms with van der Waals surface area (Å²) in [5.41, 5.74) is 3.46. The third-order valence-electron chi connectivity index (χ3n) is 6.32. The van der Waals surface area contributed by atoms with Gasteiger partial charge in [-0.15, -0.1) is 0 Å². The maximum Gasteiger partial charge on any atom is 0.264 e. The number of ether oxygens (including phenoxy) is 2. The first-order valence-electron chi connectivity index (χ1n) is 12.8. The van der Waals surface area contributed by atoms with E-state index in [1.54, 1.807) is 48.5 Å². The van der Waals surface area contributed by atoms with Crippen molar-refractivity contribution < 1.29 is 22.7 Å². The molecule has 0 bridgehead atoms. The van der Waals surface area contributed by atoms with Crippen molar-refractivity contribution in [2.45, 2.75) is 31.8 Å². The summed E-state index contributed by atoms with van der Waals surface area (Å²) in [6.07, 6.45) is 0. The first-order chi connectivity index (χ1) is 18.3.